The van der Waals surface area contributed by atoms with Gasteiger partial charge in [0.15, 0.2) is 0 Å². The van der Waals surface area contributed by atoms with Gasteiger partial charge in [-0.25, -0.2) is 4.98 Å². The van der Waals surface area contributed by atoms with Crippen molar-refractivity contribution in [2.24, 2.45) is 0 Å². The number of halogens is 1. The SMILES string of the molecule is CCN(CCCCl)c1ccc(C)cn1. The fourth-order valence-electron chi connectivity index (χ4n) is 1.33. The molecule has 2 nitrogen and oxygen atoms in total. The van der Waals surface area contributed by atoms with Crippen molar-refractivity contribution in [1.82, 2.24) is 4.98 Å². The summed E-state index contributed by atoms with van der Waals surface area (Å²) in [4.78, 5) is 6.62. The van der Waals surface area contributed by atoms with E-state index in [1.54, 1.807) is 0 Å². The number of rotatable bonds is 5. The lowest BCUT2D eigenvalue weighted by Crippen LogP contribution is -2.25. The van der Waals surface area contributed by atoms with Crippen LogP contribution in [0.3, 0.4) is 0 Å². The number of aryl methyl sites for hydroxylation is 1. The molecule has 0 unspecified atom stereocenters. The van der Waals surface area contributed by atoms with Crippen LogP contribution in [0, 0.1) is 6.92 Å². The maximum absolute atomic E-state index is 5.67. The number of alkyl halides is 1. The Labute approximate surface area is 90.9 Å². The van der Waals surface area contributed by atoms with Gasteiger partial charge in [0.2, 0.25) is 0 Å². The first-order valence-electron chi connectivity index (χ1n) is 5.01. The van der Waals surface area contributed by atoms with E-state index in [-0.39, 0.29) is 0 Å². The van der Waals surface area contributed by atoms with Crippen molar-refractivity contribution in [2.45, 2.75) is 20.3 Å². The molecule has 0 saturated heterocycles. The molecule has 0 aromatic carbocycles. The summed E-state index contributed by atoms with van der Waals surface area (Å²) in [5.74, 6) is 1.76. The van der Waals surface area contributed by atoms with E-state index in [0.29, 0.717) is 5.88 Å². The van der Waals surface area contributed by atoms with Crippen molar-refractivity contribution in [1.29, 1.82) is 0 Å². The van der Waals surface area contributed by atoms with Gasteiger partial charge in [-0.15, -0.1) is 11.6 Å². The van der Waals surface area contributed by atoms with Crippen molar-refractivity contribution in [3.05, 3.63) is 23.9 Å². The summed E-state index contributed by atoms with van der Waals surface area (Å²) in [5, 5.41) is 0. The summed E-state index contributed by atoms with van der Waals surface area (Å²) in [5.41, 5.74) is 1.20. The summed E-state index contributed by atoms with van der Waals surface area (Å²) in [6.45, 7) is 6.14. The maximum Gasteiger partial charge on any atom is 0.128 e. The largest absolute Gasteiger partial charge is 0.357 e. The molecule has 0 aliphatic carbocycles. The van der Waals surface area contributed by atoms with Gasteiger partial charge >= 0.3 is 0 Å². The van der Waals surface area contributed by atoms with Gasteiger partial charge in [-0.3, -0.25) is 0 Å². The van der Waals surface area contributed by atoms with Crippen molar-refractivity contribution >= 4 is 17.4 Å². The number of hydrogen-bond donors (Lipinski definition) is 0. The molecule has 0 saturated carbocycles. The third-order valence-electron chi connectivity index (χ3n) is 2.16. The second-order valence-electron chi connectivity index (χ2n) is 3.32. The molecule has 1 rings (SSSR count). The van der Waals surface area contributed by atoms with Gasteiger partial charge in [0.05, 0.1) is 0 Å². The smallest absolute Gasteiger partial charge is 0.128 e. The van der Waals surface area contributed by atoms with Crippen LogP contribution in [-0.2, 0) is 0 Å². The van der Waals surface area contributed by atoms with E-state index in [0.717, 1.165) is 25.3 Å². The molecule has 0 aliphatic rings. The molecule has 78 valence electrons. The highest BCUT2D eigenvalue weighted by Gasteiger charge is 2.03. The Morgan fingerprint density at radius 1 is 1.43 bits per heavy atom. The first-order valence-corrected chi connectivity index (χ1v) is 5.55. The summed E-state index contributed by atoms with van der Waals surface area (Å²) in [6.07, 6.45) is 2.91. The minimum atomic E-state index is 0.711. The van der Waals surface area contributed by atoms with Crippen LogP contribution < -0.4 is 4.90 Å². The lowest BCUT2D eigenvalue weighted by atomic mass is 10.3. The molecular formula is C11H17ClN2. The average Bonchev–Trinajstić information content (AvgIpc) is 2.21. The topological polar surface area (TPSA) is 16.1 Å². The molecule has 1 heterocycles. The van der Waals surface area contributed by atoms with E-state index in [9.17, 15) is 0 Å². The lowest BCUT2D eigenvalue weighted by Gasteiger charge is -2.21. The zero-order valence-corrected chi connectivity index (χ0v) is 9.59. The van der Waals surface area contributed by atoms with Gasteiger partial charge in [0, 0.05) is 25.2 Å². The van der Waals surface area contributed by atoms with Gasteiger partial charge in [0.1, 0.15) is 5.82 Å². The zero-order valence-electron chi connectivity index (χ0n) is 8.83. The van der Waals surface area contributed by atoms with Gasteiger partial charge in [-0.05, 0) is 31.9 Å². The van der Waals surface area contributed by atoms with Crippen LogP contribution in [0.1, 0.15) is 18.9 Å². The molecule has 0 spiro atoms. The summed E-state index contributed by atoms with van der Waals surface area (Å²) in [6, 6.07) is 4.15. The van der Waals surface area contributed by atoms with Crippen molar-refractivity contribution < 1.29 is 0 Å². The number of nitrogens with zero attached hydrogens (tertiary/aromatic N) is 2. The Balaban J connectivity index is 2.64. The number of anilines is 1. The fourth-order valence-corrected chi connectivity index (χ4v) is 1.45. The lowest BCUT2D eigenvalue weighted by molar-refractivity contribution is 0.781. The molecule has 1 aromatic rings. The predicted octanol–water partition coefficient (Wildman–Crippen LogP) is 2.85. The minimum Gasteiger partial charge on any atom is -0.357 e. The first kappa shape index (κ1) is 11.3. The Morgan fingerprint density at radius 3 is 2.71 bits per heavy atom. The van der Waals surface area contributed by atoms with E-state index < -0.39 is 0 Å². The quantitative estimate of drug-likeness (QED) is 0.698. The number of hydrogen-bond acceptors (Lipinski definition) is 2. The van der Waals surface area contributed by atoms with Crippen LogP contribution in [0.2, 0.25) is 0 Å². The summed E-state index contributed by atoms with van der Waals surface area (Å²) >= 11 is 5.67. The highest BCUT2D eigenvalue weighted by molar-refractivity contribution is 6.17. The maximum atomic E-state index is 5.67. The first-order chi connectivity index (χ1) is 6.77. The van der Waals surface area contributed by atoms with E-state index in [1.807, 2.05) is 13.1 Å². The second-order valence-corrected chi connectivity index (χ2v) is 3.69. The van der Waals surface area contributed by atoms with Crippen molar-refractivity contribution in [2.75, 3.05) is 23.9 Å². The van der Waals surface area contributed by atoms with Crippen molar-refractivity contribution in [3.8, 4) is 0 Å². The summed E-state index contributed by atoms with van der Waals surface area (Å²) in [7, 11) is 0. The van der Waals surface area contributed by atoms with E-state index in [4.69, 9.17) is 11.6 Å². The molecule has 14 heavy (non-hydrogen) atoms. The van der Waals surface area contributed by atoms with Crippen LogP contribution in [0.15, 0.2) is 18.3 Å². The third kappa shape index (κ3) is 3.18. The van der Waals surface area contributed by atoms with Crippen molar-refractivity contribution in [3.63, 3.8) is 0 Å². The highest BCUT2D eigenvalue weighted by Crippen LogP contribution is 2.11. The molecule has 0 aliphatic heterocycles. The monoisotopic (exact) mass is 212 g/mol. The van der Waals surface area contributed by atoms with Gasteiger partial charge in [-0.2, -0.15) is 0 Å². The van der Waals surface area contributed by atoms with E-state index >= 15 is 0 Å². The number of aromatic nitrogens is 1. The standard InChI is InChI=1S/C11H17ClN2/c1-3-14(8-4-7-12)11-6-5-10(2)9-13-11/h5-6,9H,3-4,7-8H2,1-2H3. The summed E-state index contributed by atoms with van der Waals surface area (Å²) < 4.78 is 0. The Bertz CT molecular complexity index is 258. The fraction of sp³-hybridized carbons (Fsp3) is 0.545. The van der Waals surface area contributed by atoms with Gasteiger partial charge in [0.25, 0.3) is 0 Å². The third-order valence-corrected chi connectivity index (χ3v) is 2.43. The Kier molecular flexibility index (Phi) is 4.74. The van der Waals surface area contributed by atoms with Crippen LogP contribution >= 0.6 is 11.6 Å². The predicted molar refractivity (Wildman–Crippen MR) is 62.2 cm³/mol. The van der Waals surface area contributed by atoms with Crippen LogP contribution in [0.5, 0.6) is 0 Å². The average molecular weight is 213 g/mol. The molecule has 0 amide bonds. The van der Waals surface area contributed by atoms with Gasteiger partial charge in [-0.1, -0.05) is 6.07 Å². The Morgan fingerprint density at radius 2 is 2.21 bits per heavy atom. The Hall–Kier alpha value is -0.760. The molecule has 0 radical (unpaired) electrons. The van der Waals surface area contributed by atoms with Gasteiger partial charge < -0.3 is 4.90 Å². The minimum absolute atomic E-state index is 0.711. The molecular weight excluding hydrogens is 196 g/mol. The van der Waals surface area contributed by atoms with Crippen LogP contribution in [-0.4, -0.2) is 24.0 Å². The van der Waals surface area contributed by atoms with Crippen LogP contribution in [0.25, 0.3) is 0 Å². The normalized spacial score (nSPS) is 10.2. The second kappa shape index (κ2) is 5.86. The molecule has 0 atom stereocenters. The van der Waals surface area contributed by atoms with Crippen LogP contribution in [0.4, 0.5) is 5.82 Å². The molecule has 0 bridgehead atoms. The zero-order chi connectivity index (χ0) is 10.4. The molecule has 0 fully saturated rings. The number of pyridine rings is 1. The molecule has 1 aromatic heterocycles. The molecule has 0 N–H and O–H groups in total. The van der Waals surface area contributed by atoms with E-state index in [1.165, 1.54) is 5.56 Å². The van der Waals surface area contributed by atoms with E-state index in [2.05, 4.69) is 28.9 Å². The molecule has 3 heteroatoms. The highest BCUT2D eigenvalue weighted by atomic mass is 35.5.